The van der Waals surface area contributed by atoms with E-state index < -0.39 is 35.4 Å². The van der Waals surface area contributed by atoms with Crippen LogP contribution in [0, 0.1) is 0 Å². The summed E-state index contributed by atoms with van der Waals surface area (Å²) in [6.45, 7) is 2.87. The van der Waals surface area contributed by atoms with Gasteiger partial charge in [0.1, 0.15) is 5.76 Å². The van der Waals surface area contributed by atoms with Crippen LogP contribution >= 0.6 is 0 Å². The Morgan fingerprint density at radius 1 is 1.15 bits per heavy atom. The van der Waals surface area contributed by atoms with Crippen LogP contribution in [0.3, 0.4) is 0 Å². The lowest BCUT2D eigenvalue weighted by atomic mass is 9.90. The fourth-order valence-electron chi connectivity index (χ4n) is 2.59. The van der Waals surface area contributed by atoms with Gasteiger partial charge in [-0.15, -0.1) is 4.74 Å². The Balaban J connectivity index is 3.55. The minimum absolute atomic E-state index is 0.0634. The van der Waals surface area contributed by atoms with Crippen LogP contribution in [-0.2, 0) is 48.2 Å². The average molecular weight is 372 g/mol. The van der Waals surface area contributed by atoms with E-state index in [1.54, 1.807) is 0 Å². The molecule has 0 radical (unpaired) electrons. The predicted molar refractivity (Wildman–Crippen MR) is 88.3 cm³/mol. The number of esters is 2. The van der Waals surface area contributed by atoms with E-state index in [1.165, 1.54) is 7.11 Å². The molecule has 1 amide bonds. The van der Waals surface area contributed by atoms with Crippen molar-refractivity contribution in [1.82, 2.24) is 10.1 Å². The molecule has 0 fully saturated rings. The van der Waals surface area contributed by atoms with Crippen molar-refractivity contribution in [3.8, 4) is 0 Å². The maximum absolute atomic E-state index is 12.6. The summed E-state index contributed by atoms with van der Waals surface area (Å²) in [6.07, 6.45) is 0.566. The molecule has 26 heavy (non-hydrogen) atoms. The molecular weight excluding hydrogens is 348 g/mol. The lowest BCUT2D eigenvalue weighted by Gasteiger charge is -2.28. The van der Waals surface area contributed by atoms with Gasteiger partial charge in [-0.05, 0) is 6.42 Å². The zero-order chi connectivity index (χ0) is 19.9. The number of carbonyl (C=O) groups excluding carboxylic acids is 3. The van der Waals surface area contributed by atoms with Crippen LogP contribution in [0.4, 0.5) is 0 Å². The molecule has 0 saturated heterocycles. The molecule has 0 aromatic carbocycles. The largest absolute Gasteiger partial charge is 0.467 e. The molecule has 0 unspecified atom stereocenters. The lowest BCUT2D eigenvalue weighted by Crippen LogP contribution is -2.62. The molecule has 1 heterocycles. The second kappa shape index (κ2) is 9.18. The molecule has 0 aliphatic heterocycles. The summed E-state index contributed by atoms with van der Waals surface area (Å²) in [5.74, 6) is -2.49. The maximum Gasteiger partial charge on any atom is 0.343 e. The molecule has 10 heteroatoms. The number of methoxy groups -OCH3 is 3. The minimum atomic E-state index is -2.20. The highest BCUT2D eigenvalue weighted by atomic mass is 16.6. The summed E-state index contributed by atoms with van der Waals surface area (Å²) in [5.41, 5.74) is -2.71. The third-order valence-electron chi connectivity index (χ3n) is 3.66. The summed E-state index contributed by atoms with van der Waals surface area (Å²) in [7, 11) is 3.51. The predicted octanol–water partition coefficient (Wildman–Crippen LogP) is -0.239. The summed E-state index contributed by atoms with van der Waals surface area (Å²) in [6, 6.07) is 0. The summed E-state index contributed by atoms with van der Waals surface area (Å²) >= 11 is 0. The number of carbonyl (C=O) groups is 3. The molecular formula is C16H24N2O8. The number of amides is 1. The van der Waals surface area contributed by atoms with E-state index in [0.29, 0.717) is 12.8 Å². The van der Waals surface area contributed by atoms with Crippen LogP contribution in [0.1, 0.15) is 31.6 Å². The Morgan fingerprint density at radius 3 is 2.15 bits per heavy atom. The molecule has 0 atom stereocenters. The van der Waals surface area contributed by atoms with Crippen LogP contribution in [0.2, 0.25) is 0 Å². The molecule has 0 spiro atoms. The van der Waals surface area contributed by atoms with Crippen molar-refractivity contribution in [2.45, 2.75) is 45.4 Å². The number of hydrogen-bond acceptors (Lipinski definition) is 8. The molecule has 10 nitrogen and oxygen atoms in total. The van der Waals surface area contributed by atoms with Crippen molar-refractivity contribution >= 4 is 17.8 Å². The van der Waals surface area contributed by atoms with Crippen molar-refractivity contribution in [1.29, 1.82) is 0 Å². The normalized spacial score (nSPS) is 11.1. The van der Waals surface area contributed by atoms with Gasteiger partial charge in [0.05, 0.1) is 19.8 Å². The van der Waals surface area contributed by atoms with E-state index in [9.17, 15) is 19.2 Å². The van der Waals surface area contributed by atoms with Gasteiger partial charge in [0.15, 0.2) is 6.73 Å². The van der Waals surface area contributed by atoms with Gasteiger partial charge in [-0.3, -0.25) is 9.59 Å². The first-order valence-electron chi connectivity index (χ1n) is 7.93. The summed E-state index contributed by atoms with van der Waals surface area (Å²) in [5, 5.41) is 2.27. The third kappa shape index (κ3) is 4.31. The van der Waals surface area contributed by atoms with E-state index in [-0.39, 0.29) is 18.1 Å². The van der Waals surface area contributed by atoms with Gasteiger partial charge < -0.3 is 24.1 Å². The molecule has 0 saturated carbocycles. The van der Waals surface area contributed by atoms with Crippen LogP contribution < -0.4 is 10.9 Å². The second-order valence-electron chi connectivity index (χ2n) is 5.59. The van der Waals surface area contributed by atoms with Gasteiger partial charge in [0.2, 0.25) is 11.4 Å². The quantitative estimate of drug-likeness (QED) is 0.465. The van der Waals surface area contributed by atoms with Crippen LogP contribution in [0.25, 0.3) is 0 Å². The summed E-state index contributed by atoms with van der Waals surface area (Å²) in [4.78, 5) is 49.0. The Morgan fingerprint density at radius 2 is 1.73 bits per heavy atom. The number of aryl methyl sites for hydroxylation is 1. The Labute approximate surface area is 150 Å². The first kappa shape index (κ1) is 21.4. The molecule has 146 valence electrons. The zero-order valence-corrected chi connectivity index (χ0v) is 15.5. The van der Waals surface area contributed by atoms with Crippen molar-refractivity contribution in [2.75, 3.05) is 21.3 Å². The van der Waals surface area contributed by atoms with E-state index in [2.05, 4.69) is 14.8 Å². The first-order valence-corrected chi connectivity index (χ1v) is 7.93. The van der Waals surface area contributed by atoms with Crippen molar-refractivity contribution < 1.29 is 33.1 Å². The van der Waals surface area contributed by atoms with Gasteiger partial charge in [-0.2, -0.15) is 0 Å². The molecule has 0 aliphatic rings. The minimum Gasteiger partial charge on any atom is -0.467 e. The van der Waals surface area contributed by atoms with Gasteiger partial charge in [0.25, 0.3) is 5.56 Å². The van der Waals surface area contributed by atoms with Crippen molar-refractivity contribution in [3.05, 3.63) is 21.7 Å². The molecule has 0 aliphatic carbocycles. The third-order valence-corrected chi connectivity index (χ3v) is 3.66. The zero-order valence-electron chi connectivity index (χ0n) is 15.5. The average Bonchev–Trinajstić information content (AvgIpc) is 2.88. The number of aromatic nitrogens is 1. The Kier molecular flexibility index (Phi) is 7.56. The standard InChI is InChI=1S/C16H24N2O8/c1-6-7-12-11(13(20)18(26-12)9-23-3)8-16(14(21)24-4,15(22)25-5)17-10(2)19/h6-9H2,1-5H3,(H,17,19). The number of nitrogens with zero attached hydrogens (tertiary/aromatic N) is 1. The maximum atomic E-state index is 12.6. The van der Waals surface area contributed by atoms with E-state index in [4.69, 9.17) is 9.26 Å². The van der Waals surface area contributed by atoms with Gasteiger partial charge in [-0.1, -0.05) is 6.92 Å². The number of nitrogens with one attached hydrogen (secondary N) is 1. The molecule has 1 aromatic rings. The van der Waals surface area contributed by atoms with Crippen molar-refractivity contribution in [2.24, 2.45) is 0 Å². The molecule has 1 N–H and O–H groups in total. The number of hydrogen-bond donors (Lipinski definition) is 1. The second-order valence-corrected chi connectivity index (χ2v) is 5.59. The topological polar surface area (TPSA) is 126 Å². The molecule has 1 rings (SSSR count). The van der Waals surface area contributed by atoms with E-state index in [0.717, 1.165) is 25.9 Å². The first-order chi connectivity index (χ1) is 12.3. The van der Waals surface area contributed by atoms with Crippen LogP contribution in [-0.4, -0.2) is 49.5 Å². The monoisotopic (exact) mass is 372 g/mol. The Hall–Kier alpha value is -2.62. The summed E-state index contributed by atoms with van der Waals surface area (Å²) < 4.78 is 20.7. The van der Waals surface area contributed by atoms with E-state index in [1.807, 2.05) is 6.92 Å². The van der Waals surface area contributed by atoms with Crippen LogP contribution in [0.5, 0.6) is 0 Å². The van der Waals surface area contributed by atoms with Gasteiger partial charge >= 0.3 is 11.9 Å². The van der Waals surface area contributed by atoms with Crippen molar-refractivity contribution in [3.63, 3.8) is 0 Å². The van der Waals surface area contributed by atoms with Gasteiger partial charge in [-0.25, -0.2) is 9.59 Å². The fraction of sp³-hybridized carbons (Fsp3) is 0.625. The SMILES string of the molecule is CCCc1on(COC)c(=O)c1CC(NC(C)=O)(C(=O)OC)C(=O)OC. The number of ether oxygens (including phenoxy) is 3. The number of rotatable bonds is 9. The fourth-order valence-corrected chi connectivity index (χ4v) is 2.59. The lowest BCUT2D eigenvalue weighted by molar-refractivity contribution is -0.165. The van der Waals surface area contributed by atoms with Crippen LogP contribution in [0.15, 0.2) is 9.32 Å². The highest BCUT2D eigenvalue weighted by molar-refractivity contribution is 6.07. The van der Waals surface area contributed by atoms with E-state index >= 15 is 0 Å². The highest BCUT2D eigenvalue weighted by Gasteiger charge is 2.51. The molecule has 1 aromatic heterocycles. The highest BCUT2D eigenvalue weighted by Crippen LogP contribution is 2.20. The molecule has 0 bridgehead atoms. The van der Waals surface area contributed by atoms with Gasteiger partial charge in [0, 0.05) is 26.9 Å². The Bertz CT molecular complexity index is 702. The smallest absolute Gasteiger partial charge is 0.343 e.